The van der Waals surface area contributed by atoms with Crippen molar-refractivity contribution >= 4 is 0 Å². The predicted octanol–water partition coefficient (Wildman–Crippen LogP) is 2.78. The fourth-order valence-electron chi connectivity index (χ4n) is 0.721. The Morgan fingerprint density at radius 3 is 2.00 bits per heavy atom. The van der Waals surface area contributed by atoms with E-state index in [1.54, 1.807) is 6.92 Å². The molecule has 50 valence electrons. The molecule has 8 heavy (non-hydrogen) atoms. The predicted molar refractivity (Wildman–Crippen MR) is 34.6 cm³/mol. The van der Waals surface area contributed by atoms with Crippen LogP contribution in [0.2, 0.25) is 0 Å². The first-order valence-corrected chi connectivity index (χ1v) is 3.30. The number of hydrogen-bond donors (Lipinski definition) is 0. The molecule has 0 bridgehead atoms. The Balaban J connectivity index is 3.10. The van der Waals surface area contributed by atoms with Crippen LogP contribution in [0.5, 0.6) is 0 Å². The quantitative estimate of drug-likeness (QED) is 0.534. The SMILES string of the molecule is CC[C@H](C)CC(C)F. The summed E-state index contributed by atoms with van der Waals surface area (Å²) >= 11 is 0. The largest absolute Gasteiger partial charge is 0.248 e. The number of rotatable bonds is 3. The molecule has 0 radical (unpaired) electrons. The first-order chi connectivity index (χ1) is 3.66. The highest BCUT2D eigenvalue weighted by atomic mass is 19.1. The highest BCUT2D eigenvalue weighted by Gasteiger charge is 2.03. The average molecular weight is 118 g/mol. The van der Waals surface area contributed by atoms with Crippen LogP contribution in [0.3, 0.4) is 0 Å². The second kappa shape index (κ2) is 3.88. The zero-order valence-electron chi connectivity index (χ0n) is 5.95. The smallest absolute Gasteiger partial charge is 0.0976 e. The Hall–Kier alpha value is -0.0700. The molecule has 0 amide bonds. The molecule has 0 N–H and O–H groups in total. The molecule has 0 nitrogen and oxygen atoms in total. The number of alkyl halides is 1. The molecule has 0 aliphatic heterocycles. The molecule has 1 unspecified atom stereocenters. The maximum Gasteiger partial charge on any atom is 0.0976 e. The molecule has 2 atom stereocenters. The van der Waals surface area contributed by atoms with Crippen LogP contribution < -0.4 is 0 Å². The van der Waals surface area contributed by atoms with Crippen molar-refractivity contribution in [3.8, 4) is 0 Å². The standard InChI is InChI=1S/C7H15F/c1-4-6(2)5-7(3)8/h6-7H,4-5H2,1-3H3/t6-,7?/m0/s1. The summed E-state index contributed by atoms with van der Waals surface area (Å²) in [7, 11) is 0. The third kappa shape index (κ3) is 4.10. The summed E-state index contributed by atoms with van der Waals surface area (Å²) < 4.78 is 12.1. The van der Waals surface area contributed by atoms with Gasteiger partial charge in [0.15, 0.2) is 0 Å². The lowest BCUT2D eigenvalue weighted by molar-refractivity contribution is 0.294. The summed E-state index contributed by atoms with van der Waals surface area (Å²) in [6, 6.07) is 0. The van der Waals surface area contributed by atoms with Crippen LogP contribution in [0.1, 0.15) is 33.6 Å². The topological polar surface area (TPSA) is 0 Å². The van der Waals surface area contributed by atoms with Crippen LogP contribution >= 0.6 is 0 Å². The second-order valence-electron chi connectivity index (χ2n) is 2.53. The van der Waals surface area contributed by atoms with Crippen LogP contribution in [0, 0.1) is 5.92 Å². The molecular formula is C7H15F. The first kappa shape index (κ1) is 7.93. The van der Waals surface area contributed by atoms with E-state index in [4.69, 9.17) is 0 Å². The number of hydrogen-bond acceptors (Lipinski definition) is 0. The fraction of sp³-hybridized carbons (Fsp3) is 1.00. The summed E-state index contributed by atoms with van der Waals surface area (Å²) in [4.78, 5) is 0. The minimum atomic E-state index is -0.620. The summed E-state index contributed by atoms with van der Waals surface area (Å²) in [6.07, 6.45) is 1.19. The average Bonchev–Trinajstić information content (AvgIpc) is 1.65. The van der Waals surface area contributed by atoms with E-state index in [9.17, 15) is 4.39 Å². The van der Waals surface area contributed by atoms with Crippen molar-refractivity contribution in [2.75, 3.05) is 0 Å². The van der Waals surface area contributed by atoms with Crippen molar-refractivity contribution in [2.24, 2.45) is 5.92 Å². The lowest BCUT2D eigenvalue weighted by Crippen LogP contribution is -2.00. The highest BCUT2D eigenvalue weighted by molar-refractivity contribution is 4.54. The van der Waals surface area contributed by atoms with Crippen LogP contribution in [0.25, 0.3) is 0 Å². The third-order valence-corrected chi connectivity index (χ3v) is 1.42. The van der Waals surface area contributed by atoms with Gasteiger partial charge in [-0.1, -0.05) is 20.3 Å². The Morgan fingerprint density at radius 1 is 1.38 bits per heavy atom. The highest BCUT2D eigenvalue weighted by Crippen LogP contribution is 2.10. The Bertz CT molecular complexity index is 50.3. The van der Waals surface area contributed by atoms with Gasteiger partial charge in [0, 0.05) is 0 Å². The van der Waals surface area contributed by atoms with Gasteiger partial charge < -0.3 is 0 Å². The van der Waals surface area contributed by atoms with E-state index in [1.807, 2.05) is 0 Å². The maximum absolute atomic E-state index is 12.1. The molecule has 0 fully saturated rings. The van der Waals surface area contributed by atoms with E-state index < -0.39 is 6.17 Å². The fourth-order valence-corrected chi connectivity index (χ4v) is 0.721. The molecule has 0 saturated heterocycles. The minimum Gasteiger partial charge on any atom is -0.248 e. The lowest BCUT2D eigenvalue weighted by Gasteiger charge is -2.07. The molecule has 0 aromatic carbocycles. The molecule has 0 heterocycles. The summed E-state index contributed by atoms with van der Waals surface area (Å²) in [5.74, 6) is 0.551. The van der Waals surface area contributed by atoms with Gasteiger partial charge >= 0.3 is 0 Å². The molecule has 0 rings (SSSR count). The van der Waals surface area contributed by atoms with Gasteiger partial charge in [-0.05, 0) is 19.3 Å². The van der Waals surface area contributed by atoms with E-state index in [1.165, 1.54) is 0 Å². The second-order valence-corrected chi connectivity index (χ2v) is 2.53. The third-order valence-electron chi connectivity index (χ3n) is 1.42. The monoisotopic (exact) mass is 118 g/mol. The van der Waals surface area contributed by atoms with Gasteiger partial charge in [-0.25, -0.2) is 4.39 Å². The van der Waals surface area contributed by atoms with E-state index in [2.05, 4.69) is 13.8 Å². The minimum absolute atomic E-state index is 0.551. The van der Waals surface area contributed by atoms with Crippen LogP contribution in [0.4, 0.5) is 4.39 Å². The maximum atomic E-state index is 12.1. The van der Waals surface area contributed by atoms with E-state index in [0.717, 1.165) is 12.8 Å². The molecule has 0 aromatic heterocycles. The molecular weight excluding hydrogens is 103 g/mol. The van der Waals surface area contributed by atoms with Crippen molar-refractivity contribution in [2.45, 2.75) is 39.8 Å². The van der Waals surface area contributed by atoms with Gasteiger partial charge in [-0.15, -0.1) is 0 Å². The van der Waals surface area contributed by atoms with Crippen molar-refractivity contribution < 1.29 is 4.39 Å². The Morgan fingerprint density at radius 2 is 1.88 bits per heavy atom. The van der Waals surface area contributed by atoms with Gasteiger partial charge in [0.25, 0.3) is 0 Å². The molecule has 0 aromatic rings. The summed E-state index contributed by atoms with van der Waals surface area (Å²) in [5.41, 5.74) is 0. The first-order valence-electron chi connectivity index (χ1n) is 3.30. The van der Waals surface area contributed by atoms with Crippen molar-refractivity contribution in [3.63, 3.8) is 0 Å². The zero-order chi connectivity index (χ0) is 6.57. The van der Waals surface area contributed by atoms with Gasteiger partial charge in [-0.3, -0.25) is 0 Å². The lowest BCUT2D eigenvalue weighted by atomic mass is 10.0. The van der Waals surface area contributed by atoms with Gasteiger partial charge in [0.1, 0.15) is 0 Å². The van der Waals surface area contributed by atoms with E-state index in [0.29, 0.717) is 5.92 Å². The molecule has 0 saturated carbocycles. The van der Waals surface area contributed by atoms with Crippen LogP contribution in [-0.4, -0.2) is 6.17 Å². The summed E-state index contributed by atoms with van der Waals surface area (Å²) in [5, 5.41) is 0. The summed E-state index contributed by atoms with van der Waals surface area (Å²) in [6.45, 7) is 5.79. The normalized spacial score (nSPS) is 18.0. The Labute approximate surface area is 51.1 Å². The van der Waals surface area contributed by atoms with E-state index >= 15 is 0 Å². The molecule has 1 heteroatoms. The molecule has 0 aliphatic rings. The Kier molecular flexibility index (Phi) is 3.84. The molecule has 0 spiro atoms. The van der Waals surface area contributed by atoms with Crippen molar-refractivity contribution in [1.29, 1.82) is 0 Å². The van der Waals surface area contributed by atoms with Gasteiger partial charge in [-0.2, -0.15) is 0 Å². The van der Waals surface area contributed by atoms with E-state index in [-0.39, 0.29) is 0 Å². The van der Waals surface area contributed by atoms with Crippen LogP contribution in [0.15, 0.2) is 0 Å². The van der Waals surface area contributed by atoms with Crippen molar-refractivity contribution in [3.05, 3.63) is 0 Å². The van der Waals surface area contributed by atoms with Crippen LogP contribution in [-0.2, 0) is 0 Å². The van der Waals surface area contributed by atoms with Crippen molar-refractivity contribution in [1.82, 2.24) is 0 Å². The zero-order valence-corrected chi connectivity index (χ0v) is 5.95. The van der Waals surface area contributed by atoms with Gasteiger partial charge in [0.2, 0.25) is 0 Å². The molecule has 0 aliphatic carbocycles. The number of halogens is 1. The van der Waals surface area contributed by atoms with Gasteiger partial charge in [0.05, 0.1) is 6.17 Å².